The van der Waals surface area contributed by atoms with Gasteiger partial charge >= 0.3 is 0 Å². The molecule has 0 bridgehead atoms. The molecule has 1 fully saturated rings. The second-order valence-electron chi connectivity index (χ2n) is 7.76. The number of nitrogens with zero attached hydrogens (tertiary/aromatic N) is 2. The summed E-state index contributed by atoms with van der Waals surface area (Å²) in [6.45, 7) is 4.08. The maximum absolute atomic E-state index is 14.0. The first-order valence-corrected chi connectivity index (χ1v) is 10.5. The summed E-state index contributed by atoms with van der Waals surface area (Å²) in [5.74, 6) is -0.328. The van der Waals surface area contributed by atoms with Gasteiger partial charge in [0.15, 0.2) is 0 Å². The fourth-order valence-corrected chi connectivity index (χ4v) is 3.65. The summed E-state index contributed by atoms with van der Waals surface area (Å²) in [7, 11) is 0. The lowest BCUT2D eigenvalue weighted by Gasteiger charge is -2.27. The molecule has 0 aliphatic carbocycles. The van der Waals surface area contributed by atoms with E-state index in [-0.39, 0.29) is 11.1 Å². The number of anilines is 1. The first kappa shape index (κ1) is 21.7. The van der Waals surface area contributed by atoms with Gasteiger partial charge in [-0.3, -0.25) is 14.6 Å². The van der Waals surface area contributed by atoms with Crippen LogP contribution in [0, 0.1) is 12.7 Å². The lowest BCUT2D eigenvalue weighted by atomic mass is 10.0. The number of aromatic nitrogens is 2. The molecule has 0 saturated carbocycles. The van der Waals surface area contributed by atoms with Crippen LogP contribution < -0.4 is 15.8 Å². The fourth-order valence-electron chi connectivity index (χ4n) is 3.65. The Hall–Kier alpha value is -3.52. The van der Waals surface area contributed by atoms with Crippen molar-refractivity contribution in [2.45, 2.75) is 19.4 Å². The Morgan fingerprint density at radius 3 is 2.66 bits per heavy atom. The van der Waals surface area contributed by atoms with Gasteiger partial charge in [-0.25, -0.2) is 9.37 Å². The number of nitrogens with one attached hydrogen (secondary N) is 2. The molecular weight excluding hydrogens is 411 g/mol. The van der Waals surface area contributed by atoms with Crippen LogP contribution >= 0.6 is 0 Å². The van der Waals surface area contributed by atoms with Crippen molar-refractivity contribution in [1.82, 2.24) is 15.3 Å². The van der Waals surface area contributed by atoms with Crippen LogP contribution in [-0.2, 0) is 11.2 Å². The summed E-state index contributed by atoms with van der Waals surface area (Å²) in [5, 5.41) is 2.97. The summed E-state index contributed by atoms with van der Waals surface area (Å²) < 4.78 is 19.3. The minimum Gasteiger partial charge on any atom is -0.378 e. The Bertz CT molecular complexity index is 1140. The summed E-state index contributed by atoms with van der Waals surface area (Å²) in [4.78, 5) is 34.6. The number of aromatic amines is 1. The number of halogens is 1. The molecule has 1 amide bonds. The van der Waals surface area contributed by atoms with Gasteiger partial charge in [-0.1, -0.05) is 36.4 Å². The predicted molar refractivity (Wildman–Crippen MR) is 119 cm³/mol. The highest BCUT2D eigenvalue weighted by atomic mass is 19.1. The van der Waals surface area contributed by atoms with Gasteiger partial charge in [0.05, 0.1) is 24.9 Å². The summed E-state index contributed by atoms with van der Waals surface area (Å²) in [5.41, 5.74) is 1.88. The van der Waals surface area contributed by atoms with Gasteiger partial charge in [-0.2, -0.15) is 0 Å². The van der Waals surface area contributed by atoms with E-state index in [2.05, 4.69) is 15.3 Å². The third kappa shape index (κ3) is 5.20. The highest BCUT2D eigenvalue weighted by molar-refractivity contribution is 5.94. The van der Waals surface area contributed by atoms with Gasteiger partial charge < -0.3 is 15.0 Å². The average Bonchev–Trinajstić information content (AvgIpc) is 2.81. The minimum atomic E-state index is -0.445. The molecular formula is C24H25FN4O3. The number of ether oxygens (including phenoxy) is 1. The highest BCUT2D eigenvalue weighted by Crippen LogP contribution is 2.20. The molecule has 1 aromatic heterocycles. The number of aryl methyl sites for hydroxylation is 1. The van der Waals surface area contributed by atoms with Crippen molar-refractivity contribution in [3.8, 4) is 0 Å². The number of carbonyl (C=O) groups is 1. The molecule has 166 valence electrons. The van der Waals surface area contributed by atoms with Crippen LogP contribution in [0.25, 0.3) is 0 Å². The lowest BCUT2D eigenvalue weighted by Crippen LogP contribution is -2.38. The molecule has 32 heavy (non-hydrogen) atoms. The Kier molecular flexibility index (Phi) is 6.61. The van der Waals surface area contributed by atoms with Crippen LogP contribution in [0.4, 0.5) is 10.3 Å². The molecule has 4 rings (SSSR count). The first-order chi connectivity index (χ1) is 15.5. The third-order valence-corrected chi connectivity index (χ3v) is 5.45. The number of H-pyrrole nitrogens is 1. The molecule has 1 aliphatic rings. The van der Waals surface area contributed by atoms with Gasteiger partial charge in [0.1, 0.15) is 5.82 Å². The Morgan fingerprint density at radius 2 is 1.94 bits per heavy atom. The maximum atomic E-state index is 14.0. The van der Waals surface area contributed by atoms with Crippen molar-refractivity contribution >= 4 is 11.9 Å². The van der Waals surface area contributed by atoms with E-state index in [0.717, 1.165) is 5.56 Å². The molecule has 2 N–H and O–H groups in total. The monoisotopic (exact) mass is 436 g/mol. The number of benzene rings is 2. The van der Waals surface area contributed by atoms with E-state index < -0.39 is 17.8 Å². The summed E-state index contributed by atoms with van der Waals surface area (Å²) >= 11 is 0. The van der Waals surface area contributed by atoms with Gasteiger partial charge in [-0.05, 0) is 30.2 Å². The Balaban J connectivity index is 1.60. The molecule has 0 radical (unpaired) electrons. The zero-order valence-corrected chi connectivity index (χ0v) is 17.8. The zero-order chi connectivity index (χ0) is 22.5. The van der Waals surface area contributed by atoms with Crippen LogP contribution in [-0.4, -0.2) is 42.2 Å². The van der Waals surface area contributed by atoms with Crippen LogP contribution in [0.5, 0.6) is 0 Å². The number of amides is 1. The molecule has 7 nitrogen and oxygen atoms in total. The lowest BCUT2D eigenvalue weighted by molar-refractivity contribution is 0.0936. The van der Waals surface area contributed by atoms with Gasteiger partial charge in [0.25, 0.3) is 11.5 Å². The molecule has 3 aromatic rings. The molecule has 1 atom stereocenters. The molecule has 1 aliphatic heterocycles. The van der Waals surface area contributed by atoms with E-state index in [0.29, 0.717) is 49.9 Å². The summed E-state index contributed by atoms with van der Waals surface area (Å²) in [6, 6.07) is 14.8. The van der Waals surface area contributed by atoms with E-state index in [1.165, 1.54) is 12.1 Å². The van der Waals surface area contributed by atoms with Crippen molar-refractivity contribution in [3.63, 3.8) is 0 Å². The number of rotatable bonds is 6. The van der Waals surface area contributed by atoms with Gasteiger partial charge in [0.2, 0.25) is 5.95 Å². The SMILES string of the molecule is Cc1ccc(C(=O)N[C@H](Cc2cc(=O)[nH]c(N3CCOCC3)n2)c2ccccc2)cc1F. The number of morpholine rings is 1. The normalized spacial score (nSPS) is 14.8. The van der Waals surface area contributed by atoms with Crippen molar-refractivity contribution in [2.75, 3.05) is 31.2 Å². The van der Waals surface area contributed by atoms with E-state index in [1.807, 2.05) is 35.2 Å². The topological polar surface area (TPSA) is 87.3 Å². The highest BCUT2D eigenvalue weighted by Gasteiger charge is 2.20. The number of hydrogen-bond acceptors (Lipinski definition) is 5. The van der Waals surface area contributed by atoms with E-state index in [9.17, 15) is 14.0 Å². The van der Waals surface area contributed by atoms with Crippen molar-refractivity contribution < 1.29 is 13.9 Å². The van der Waals surface area contributed by atoms with Crippen LogP contribution in [0.1, 0.15) is 33.2 Å². The molecule has 2 heterocycles. The summed E-state index contributed by atoms with van der Waals surface area (Å²) in [6.07, 6.45) is 0.311. The standard InChI is InChI=1S/C24H25FN4O3/c1-16-7-8-18(13-20(16)25)23(31)27-21(17-5-3-2-4-6-17)14-19-15-22(30)28-24(26-19)29-9-11-32-12-10-29/h2-8,13,15,21H,9-12,14H2,1H3,(H,27,31)(H,26,28,30)/t21-/m1/s1. The smallest absolute Gasteiger partial charge is 0.252 e. The second-order valence-corrected chi connectivity index (χ2v) is 7.76. The number of carbonyl (C=O) groups excluding carboxylic acids is 1. The maximum Gasteiger partial charge on any atom is 0.252 e. The van der Waals surface area contributed by atoms with Gasteiger partial charge in [-0.15, -0.1) is 0 Å². The third-order valence-electron chi connectivity index (χ3n) is 5.45. The molecule has 2 aromatic carbocycles. The van der Waals surface area contributed by atoms with E-state index >= 15 is 0 Å². The fraction of sp³-hybridized carbons (Fsp3) is 0.292. The van der Waals surface area contributed by atoms with Crippen LogP contribution in [0.2, 0.25) is 0 Å². The van der Waals surface area contributed by atoms with E-state index in [4.69, 9.17) is 4.74 Å². The van der Waals surface area contributed by atoms with Crippen molar-refractivity contribution in [2.24, 2.45) is 0 Å². The first-order valence-electron chi connectivity index (χ1n) is 10.5. The Morgan fingerprint density at radius 1 is 1.19 bits per heavy atom. The second kappa shape index (κ2) is 9.74. The molecule has 8 heteroatoms. The van der Waals surface area contributed by atoms with Gasteiger partial charge in [0, 0.05) is 31.1 Å². The zero-order valence-electron chi connectivity index (χ0n) is 17.8. The van der Waals surface area contributed by atoms with Crippen molar-refractivity contribution in [3.05, 3.63) is 93.2 Å². The van der Waals surface area contributed by atoms with Crippen molar-refractivity contribution in [1.29, 1.82) is 0 Å². The largest absolute Gasteiger partial charge is 0.378 e. The molecule has 1 saturated heterocycles. The van der Waals surface area contributed by atoms with Crippen LogP contribution in [0.3, 0.4) is 0 Å². The van der Waals surface area contributed by atoms with E-state index in [1.54, 1.807) is 19.1 Å². The molecule has 0 unspecified atom stereocenters. The quantitative estimate of drug-likeness (QED) is 0.621. The average molecular weight is 436 g/mol. The number of hydrogen-bond donors (Lipinski definition) is 2. The Labute approximate surface area is 185 Å². The van der Waals surface area contributed by atoms with Crippen LogP contribution in [0.15, 0.2) is 59.4 Å². The molecule has 0 spiro atoms. The minimum absolute atomic E-state index is 0.238. The predicted octanol–water partition coefficient (Wildman–Crippen LogP) is 2.77.